The van der Waals surface area contributed by atoms with Crippen LogP contribution in [0.4, 0.5) is 0 Å². The molecule has 0 aromatic carbocycles. The summed E-state index contributed by atoms with van der Waals surface area (Å²) >= 11 is 0. The van der Waals surface area contributed by atoms with E-state index in [0.717, 1.165) is 6.42 Å². The Hall–Kier alpha value is 0.774. The smallest absolute Gasteiger partial charge is 0 e. The van der Waals surface area contributed by atoms with Crippen molar-refractivity contribution in [2.24, 2.45) is 0 Å². The Morgan fingerprint density at radius 2 is 1.80 bits per heavy atom. The second-order valence-corrected chi connectivity index (χ2v) is 1.99. The van der Waals surface area contributed by atoms with Gasteiger partial charge in [0.15, 0.2) is 0 Å². The van der Waals surface area contributed by atoms with Crippen LogP contribution in [-0.4, -0.2) is 0 Å². The van der Waals surface area contributed by atoms with Crippen LogP contribution in [0.1, 0.15) is 20.3 Å². The molecule has 0 bridgehead atoms. The molecule has 0 amide bonds. The molecule has 0 saturated carbocycles. The first kappa shape index (κ1) is 17.0. The molecule has 0 spiro atoms. The minimum Gasteiger partial charge on any atom is -0.272 e. The Labute approximate surface area is 89.9 Å². The maximum absolute atomic E-state index is 3.12. The second kappa shape index (κ2) is 7.88. The maximum atomic E-state index is 3.12. The SMILES string of the molecule is CC1=C(C)C[C-]=C1.Cl.Cl.[Ti]. The van der Waals surface area contributed by atoms with Gasteiger partial charge in [-0.05, 0) is 0 Å². The van der Waals surface area contributed by atoms with Gasteiger partial charge in [-0.25, -0.2) is 11.6 Å². The topological polar surface area (TPSA) is 0 Å². The van der Waals surface area contributed by atoms with Crippen LogP contribution in [0.25, 0.3) is 0 Å². The molecule has 10 heavy (non-hydrogen) atoms. The van der Waals surface area contributed by atoms with E-state index in [1.54, 1.807) is 0 Å². The molecule has 1 rings (SSSR count). The first-order chi connectivity index (χ1) is 3.30. The molecule has 0 heterocycles. The number of halogens is 2. The first-order valence-electron chi connectivity index (χ1n) is 2.53. The molecule has 0 N–H and O–H groups in total. The normalized spacial score (nSPS) is 13.4. The first-order valence-corrected chi connectivity index (χ1v) is 2.53. The summed E-state index contributed by atoms with van der Waals surface area (Å²) in [7, 11) is 0. The summed E-state index contributed by atoms with van der Waals surface area (Å²) in [6.45, 7) is 4.27. The van der Waals surface area contributed by atoms with Crippen molar-refractivity contribution >= 4 is 24.8 Å². The zero-order chi connectivity index (χ0) is 5.28. The summed E-state index contributed by atoms with van der Waals surface area (Å²) in [5.41, 5.74) is 2.85. The number of rotatable bonds is 0. The molecule has 0 saturated heterocycles. The summed E-state index contributed by atoms with van der Waals surface area (Å²) in [4.78, 5) is 0. The monoisotopic (exact) mass is 213 g/mol. The van der Waals surface area contributed by atoms with Gasteiger partial charge < -0.3 is 0 Å². The van der Waals surface area contributed by atoms with E-state index < -0.39 is 0 Å². The third-order valence-electron chi connectivity index (χ3n) is 1.36. The van der Waals surface area contributed by atoms with E-state index in [1.165, 1.54) is 11.1 Å². The average molecular weight is 214 g/mol. The van der Waals surface area contributed by atoms with Crippen molar-refractivity contribution in [3.05, 3.63) is 23.3 Å². The van der Waals surface area contributed by atoms with Gasteiger partial charge in [0, 0.05) is 21.7 Å². The van der Waals surface area contributed by atoms with Crippen LogP contribution in [0.3, 0.4) is 0 Å². The molecule has 1 aliphatic rings. The van der Waals surface area contributed by atoms with Crippen molar-refractivity contribution in [3.63, 3.8) is 0 Å². The van der Waals surface area contributed by atoms with E-state index in [-0.39, 0.29) is 46.5 Å². The average Bonchev–Trinajstić information content (AvgIpc) is 1.91. The van der Waals surface area contributed by atoms with Crippen LogP contribution in [0.2, 0.25) is 0 Å². The molecule has 58 valence electrons. The van der Waals surface area contributed by atoms with Crippen molar-refractivity contribution in [1.29, 1.82) is 0 Å². The van der Waals surface area contributed by atoms with Crippen molar-refractivity contribution in [2.45, 2.75) is 20.3 Å². The van der Waals surface area contributed by atoms with Crippen molar-refractivity contribution in [3.8, 4) is 0 Å². The van der Waals surface area contributed by atoms with E-state index in [9.17, 15) is 0 Å². The van der Waals surface area contributed by atoms with Crippen LogP contribution in [0.15, 0.2) is 17.2 Å². The summed E-state index contributed by atoms with van der Waals surface area (Å²) in [6.07, 6.45) is 6.22. The molecule has 3 heteroatoms. The minimum absolute atomic E-state index is 0. The standard InChI is InChI=1S/C7H9.2ClH.Ti/c1-6-4-3-5-7(6)2;;;/h4H,5H2,1-2H3;2*1H;/q-1;;;. The molecule has 0 aromatic rings. The zero-order valence-electron chi connectivity index (χ0n) is 6.10. The van der Waals surface area contributed by atoms with E-state index in [0.29, 0.717) is 0 Å². The second-order valence-electron chi connectivity index (χ2n) is 1.99. The number of allylic oxidation sites excluding steroid dienone is 4. The van der Waals surface area contributed by atoms with Gasteiger partial charge in [0.1, 0.15) is 0 Å². The van der Waals surface area contributed by atoms with Crippen LogP contribution in [0.5, 0.6) is 0 Å². The van der Waals surface area contributed by atoms with Crippen LogP contribution < -0.4 is 0 Å². The quantitative estimate of drug-likeness (QED) is 0.429. The van der Waals surface area contributed by atoms with Crippen LogP contribution >= 0.6 is 24.8 Å². The summed E-state index contributed by atoms with van der Waals surface area (Å²) < 4.78 is 0. The third-order valence-corrected chi connectivity index (χ3v) is 1.36. The van der Waals surface area contributed by atoms with Gasteiger partial charge in [-0.2, -0.15) is 5.57 Å². The molecule has 0 atom stereocenters. The Morgan fingerprint density at radius 1 is 1.30 bits per heavy atom. The fourth-order valence-electron chi connectivity index (χ4n) is 0.620. The number of hydrogen-bond donors (Lipinski definition) is 0. The van der Waals surface area contributed by atoms with Gasteiger partial charge >= 0.3 is 0 Å². The Balaban J connectivity index is -0.000000163. The summed E-state index contributed by atoms with van der Waals surface area (Å²) in [5.74, 6) is 0. The zero-order valence-corrected chi connectivity index (χ0v) is 9.30. The van der Waals surface area contributed by atoms with Gasteiger partial charge in [0.2, 0.25) is 0 Å². The van der Waals surface area contributed by atoms with E-state index >= 15 is 0 Å². The van der Waals surface area contributed by atoms with Crippen molar-refractivity contribution < 1.29 is 21.7 Å². The van der Waals surface area contributed by atoms with Crippen LogP contribution in [0, 0.1) is 6.08 Å². The summed E-state index contributed by atoms with van der Waals surface area (Å²) in [6, 6.07) is 0. The molecule has 0 nitrogen and oxygen atoms in total. The van der Waals surface area contributed by atoms with Crippen molar-refractivity contribution in [2.75, 3.05) is 0 Å². The predicted octanol–water partition coefficient (Wildman–Crippen LogP) is 2.93. The molecule has 0 aromatic heterocycles. The Kier molecular flexibility index (Phi) is 13.4. The molecule has 0 radical (unpaired) electrons. The van der Waals surface area contributed by atoms with Gasteiger partial charge in [0.05, 0.1) is 0 Å². The Bertz CT molecular complexity index is 139. The van der Waals surface area contributed by atoms with E-state index in [2.05, 4.69) is 26.0 Å². The summed E-state index contributed by atoms with van der Waals surface area (Å²) in [5, 5.41) is 0. The third kappa shape index (κ3) is 4.57. The minimum atomic E-state index is 0. The van der Waals surface area contributed by atoms with E-state index in [1.807, 2.05) is 0 Å². The van der Waals surface area contributed by atoms with Gasteiger partial charge in [-0.1, -0.05) is 6.92 Å². The molecule has 0 aliphatic heterocycles. The molecule has 0 unspecified atom stereocenters. The van der Waals surface area contributed by atoms with Gasteiger partial charge in [-0.15, -0.1) is 38.2 Å². The predicted molar refractivity (Wildman–Crippen MR) is 45.3 cm³/mol. The molecule has 0 fully saturated rings. The van der Waals surface area contributed by atoms with Crippen molar-refractivity contribution in [1.82, 2.24) is 0 Å². The number of hydrogen-bond acceptors (Lipinski definition) is 0. The Morgan fingerprint density at radius 3 is 1.90 bits per heavy atom. The largest absolute Gasteiger partial charge is 0.272 e. The fourth-order valence-corrected chi connectivity index (χ4v) is 0.620. The molecule has 1 aliphatic carbocycles. The fraction of sp³-hybridized carbons (Fsp3) is 0.429. The van der Waals surface area contributed by atoms with Gasteiger partial charge in [0.25, 0.3) is 0 Å². The van der Waals surface area contributed by atoms with E-state index in [4.69, 9.17) is 0 Å². The van der Waals surface area contributed by atoms with Crippen LogP contribution in [-0.2, 0) is 21.7 Å². The molecular formula is C7H11Cl2Ti-. The molecular weight excluding hydrogens is 203 g/mol. The maximum Gasteiger partial charge on any atom is 0 e. The van der Waals surface area contributed by atoms with Gasteiger partial charge in [-0.3, -0.25) is 6.08 Å².